The molecule has 0 radical (unpaired) electrons. The molecule has 1 fully saturated rings. The van der Waals surface area contributed by atoms with Crippen molar-refractivity contribution >= 4 is 17.6 Å². The van der Waals surface area contributed by atoms with E-state index < -0.39 is 0 Å². The standard InChI is InChI=1S/C21H26N6O3/c1-14(2)30-21(28)26-9-7-25(8-10-26)18-5-6-27-19(24-18)17(13-23-27)16-11-15(3)12-22-20(16)29-4/h5-6,11-14H,7-10H2,1-4H3. The molecule has 0 spiro atoms. The maximum Gasteiger partial charge on any atom is 0.410 e. The molecule has 3 aromatic rings. The third-order valence-electron chi connectivity index (χ3n) is 5.02. The molecule has 0 saturated carbocycles. The first-order valence-electron chi connectivity index (χ1n) is 10.0. The molecule has 0 unspecified atom stereocenters. The molecule has 0 aromatic carbocycles. The molecule has 1 aliphatic heterocycles. The zero-order valence-electron chi connectivity index (χ0n) is 17.7. The summed E-state index contributed by atoms with van der Waals surface area (Å²) >= 11 is 0. The van der Waals surface area contributed by atoms with Crippen LogP contribution in [0.2, 0.25) is 0 Å². The Balaban J connectivity index is 1.59. The van der Waals surface area contributed by atoms with Crippen molar-refractivity contribution in [2.45, 2.75) is 26.9 Å². The summed E-state index contributed by atoms with van der Waals surface area (Å²) in [5.41, 5.74) is 3.49. The molecular weight excluding hydrogens is 384 g/mol. The van der Waals surface area contributed by atoms with Crippen LogP contribution in [0, 0.1) is 6.92 Å². The number of nitrogens with zero attached hydrogens (tertiary/aromatic N) is 6. The van der Waals surface area contributed by atoms with Crippen molar-refractivity contribution in [2.75, 3.05) is 38.2 Å². The van der Waals surface area contributed by atoms with Gasteiger partial charge in [0.25, 0.3) is 0 Å². The van der Waals surface area contributed by atoms with Gasteiger partial charge in [-0.05, 0) is 38.5 Å². The summed E-state index contributed by atoms with van der Waals surface area (Å²) in [6.07, 6.45) is 5.08. The van der Waals surface area contributed by atoms with Gasteiger partial charge in [-0.15, -0.1) is 0 Å². The molecule has 4 heterocycles. The van der Waals surface area contributed by atoms with Crippen molar-refractivity contribution in [1.29, 1.82) is 0 Å². The van der Waals surface area contributed by atoms with Crippen LogP contribution in [0.25, 0.3) is 16.8 Å². The Labute approximate surface area is 175 Å². The van der Waals surface area contributed by atoms with Crippen LogP contribution >= 0.6 is 0 Å². The highest BCUT2D eigenvalue weighted by Gasteiger charge is 2.24. The summed E-state index contributed by atoms with van der Waals surface area (Å²) in [4.78, 5) is 25.3. The summed E-state index contributed by atoms with van der Waals surface area (Å²) in [6.45, 7) is 8.28. The van der Waals surface area contributed by atoms with Gasteiger partial charge in [0.1, 0.15) is 5.82 Å². The Morgan fingerprint density at radius 2 is 1.90 bits per heavy atom. The van der Waals surface area contributed by atoms with Gasteiger partial charge in [0.2, 0.25) is 5.88 Å². The van der Waals surface area contributed by atoms with Gasteiger partial charge < -0.3 is 19.3 Å². The molecule has 0 aliphatic carbocycles. The molecule has 1 amide bonds. The summed E-state index contributed by atoms with van der Waals surface area (Å²) in [6, 6.07) is 3.97. The van der Waals surface area contributed by atoms with E-state index in [0.717, 1.165) is 28.2 Å². The second-order valence-electron chi connectivity index (χ2n) is 7.59. The molecule has 1 saturated heterocycles. The topological polar surface area (TPSA) is 85.1 Å². The van der Waals surface area contributed by atoms with Gasteiger partial charge in [-0.1, -0.05) is 0 Å². The fraction of sp³-hybridized carbons (Fsp3) is 0.429. The number of pyridine rings is 1. The second-order valence-corrected chi connectivity index (χ2v) is 7.59. The molecule has 3 aromatic heterocycles. The minimum atomic E-state index is -0.259. The maximum atomic E-state index is 12.1. The average Bonchev–Trinajstić information content (AvgIpc) is 3.16. The molecule has 30 heavy (non-hydrogen) atoms. The quantitative estimate of drug-likeness (QED) is 0.654. The highest BCUT2D eigenvalue weighted by Crippen LogP contribution is 2.32. The number of amides is 1. The van der Waals surface area contributed by atoms with Crippen molar-refractivity contribution in [3.63, 3.8) is 0 Å². The largest absolute Gasteiger partial charge is 0.481 e. The first-order valence-corrected chi connectivity index (χ1v) is 10.0. The van der Waals surface area contributed by atoms with E-state index >= 15 is 0 Å². The molecule has 0 N–H and O–H groups in total. The predicted octanol–water partition coefficient (Wildman–Crippen LogP) is 2.78. The van der Waals surface area contributed by atoms with Gasteiger partial charge in [0.05, 0.1) is 25.0 Å². The van der Waals surface area contributed by atoms with E-state index in [1.165, 1.54) is 0 Å². The molecule has 0 bridgehead atoms. The number of aryl methyl sites for hydroxylation is 1. The number of ether oxygens (including phenoxy) is 2. The van der Waals surface area contributed by atoms with Crippen LogP contribution in [-0.4, -0.2) is 70.0 Å². The second kappa shape index (κ2) is 8.17. The SMILES string of the molecule is COc1ncc(C)cc1-c1cnn2ccc(N3CCN(C(=O)OC(C)C)CC3)nc12. The van der Waals surface area contributed by atoms with Crippen LogP contribution in [0.1, 0.15) is 19.4 Å². The normalized spacial score (nSPS) is 14.4. The Hall–Kier alpha value is -3.36. The third kappa shape index (κ3) is 3.87. The minimum Gasteiger partial charge on any atom is -0.481 e. The smallest absolute Gasteiger partial charge is 0.410 e. The van der Waals surface area contributed by atoms with Gasteiger partial charge in [-0.3, -0.25) is 0 Å². The Kier molecular flexibility index (Phi) is 5.43. The fourth-order valence-electron chi connectivity index (χ4n) is 3.53. The fourth-order valence-corrected chi connectivity index (χ4v) is 3.53. The number of hydrogen-bond acceptors (Lipinski definition) is 7. The summed E-state index contributed by atoms with van der Waals surface area (Å²) in [5.74, 6) is 1.39. The lowest BCUT2D eigenvalue weighted by Gasteiger charge is -2.35. The number of carbonyl (C=O) groups is 1. The van der Waals surface area contributed by atoms with Crippen molar-refractivity contribution in [3.8, 4) is 17.0 Å². The number of carbonyl (C=O) groups excluding carboxylic acids is 1. The molecule has 158 valence electrons. The molecule has 9 heteroatoms. The van der Waals surface area contributed by atoms with Gasteiger partial charge in [-0.2, -0.15) is 5.10 Å². The molecule has 4 rings (SSSR count). The Bertz CT molecular complexity index is 1060. The number of anilines is 1. The molecule has 0 atom stereocenters. The van der Waals surface area contributed by atoms with Crippen molar-refractivity contribution in [2.24, 2.45) is 0 Å². The highest BCUT2D eigenvalue weighted by atomic mass is 16.6. The van der Waals surface area contributed by atoms with Gasteiger partial charge in [0.15, 0.2) is 5.65 Å². The first kappa shape index (κ1) is 19.9. The minimum absolute atomic E-state index is 0.118. The van der Waals surface area contributed by atoms with Gasteiger partial charge in [-0.25, -0.2) is 19.3 Å². The van der Waals surface area contributed by atoms with E-state index in [4.69, 9.17) is 14.5 Å². The lowest BCUT2D eigenvalue weighted by atomic mass is 10.1. The van der Waals surface area contributed by atoms with Crippen LogP contribution in [0.15, 0.2) is 30.7 Å². The number of methoxy groups -OCH3 is 1. The summed E-state index contributed by atoms with van der Waals surface area (Å²) in [5, 5.41) is 4.43. The van der Waals surface area contributed by atoms with E-state index in [2.05, 4.69) is 15.0 Å². The first-order chi connectivity index (χ1) is 14.5. The zero-order valence-corrected chi connectivity index (χ0v) is 17.7. The van der Waals surface area contributed by atoms with Gasteiger partial charge >= 0.3 is 6.09 Å². The van der Waals surface area contributed by atoms with Crippen molar-refractivity contribution in [3.05, 3.63) is 36.3 Å². The van der Waals surface area contributed by atoms with E-state index in [0.29, 0.717) is 32.1 Å². The maximum absolute atomic E-state index is 12.1. The van der Waals surface area contributed by atoms with Crippen LogP contribution in [0.4, 0.5) is 10.6 Å². The van der Waals surface area contributed by atoms with Crippen molar-refractivity contribution < 1.29 is 14.3 Å². The number of fused-ring (bicyclic) bond motifs is 1. The van der Waals surface area contributed by atoms with Crippen molar-refractivity contribution in [1.82, 2.24) is 24.5 Å². The van der Waals surface area contributed by atoms with E-state index in [9.17, 15) is 4.79 Å². The highest BCUT2D eigenvalue weighted by molar-refractivity contribution is 5.81. The van der Waals surface area contributed by atoms with E-state index in [1.54, 1.807) is 28.9 Å². The lowest BCUT2D eigenvalue weighted by Crippen LogP contribution is -2.49. The average molecular weight is 410 g/mol. The summed E-state index contributed by atoms with van der Waals surface area (Å²) in [7, 11) is 1.61. The monoisotopic (exact) mass is 410 g/mol. The third-order valence-corrected chi connectivity index (χ3v) is 5.02. The van der Waals surface area contributed by atoms with Crippen LogP contribution in [0.5, 0.6) is 5.88 Å². The van der Waals surface area contributed by atoms with Crippen LogP contribution in [-0.2, 0) is 4.74 Å². The van der Waals surface area contributed by atoms with Crippen LogP contribution < -0.4 is 9.64 Å². The predicted molar refractivity (Wildman–Crippen MR) is 113 cm³/mol. The molecular formula is C21H26N6O3. The number of hydrogen-bond donors (Lipinski definition) is 0. The van der Waals surface area contributed by atoms with Gasteiger partial charge in [0, 0.05) is 44.1 Å². The molecule has 1 aliphatic rings. The number of rotatable bonds is 4. The Morgan fingerprint density at radius 1 is 1.13 bits per heavy atom. The number of aromatic nitrogens is 4. The van der Waals surface area contributed by atoms with Crippen LogP contribution in [0.3, 0.4) is 0 Å². The number of piperazine rings is 1. The summed E-state index contributed by atoms with van der Waals surface area (Å²) < 4.78 is 12.5. The lowest BCUT2D eigenvalue weighted by molar-refractivity contribution is 0.0751. The zero-order chi connectivity index (χ0) is 21.3. The Morgan fingerprint density at radius 3 is 2.60 bits per heavy atom. The van der Waals surface area contributed by atoms with E-state index in [-0.39, 0.29) is 12.2 Å². The van der Waals surface area contributed by atoms with E-state index in [1.807, 2.05) is 39.1 Å². The molecule has 9 nitrogen and oxygen atoms in total.